The quantitative estimate of drug-likeness (QED) is 0.817. The van der Waals surface area contributed by atoms with E-state index in [1.807, 2.05) is 53.4 Å². The monoisotopic (exact) mass is 378 g/mol. The summed E-state index contributed by atoms with van der Waals surface area (Å²) in [6.07, 6.45) is 4.61. The van der Waals surface area contributed by atoms with Gasteiger partial charge in [-0.05, 0) is 36.6 Å². The van der Waals surface area contributed by atoms with Crippen molar-refractivity contribution in [2.75, 3.05) is 26.7 Å². The van der Waals surface area contributed by atoms with Crippen LogP contribution in [0.4, 0.5) is 0 Å². The molecule has 0 radical (unpaired) electrons. The van der Waals surface area contributed by atoms with Gasteiger partial charge in [0.1, 0.15) is 12.3 Å². The van der Waals surface area contributed by atoms with Crippen LogP contribution >= 0.6 is 0 Å². The van der Waals surface area contributed by atoms with Gasteiger partial charge >= 0.3 is 0 Å². The first-order valence-corrected chi connectivity index (χ1v) is 9.99. The summed E-state index contributed by atoms with van der Waals surface area (Å²) >= 11 is 0. The van der Waals surface area contributed by atoms with E-state index in [0.29, 0.717) is 24.7 Å². The highest BCUT2D eigenvalue weighted by Gasteiger charge is 2.33. The molecule has 5 heteroatoms. The molecular formula is C23H26N2O3. The van der Waals surface area contributed by atoms with E-state index >= 15 is 0 Å². The fraction of sp³-hybridized carbons (Fsp3) is 0.391. The molecule has 0 atom stereocenters. The van der Waals surface area contributed by atoms with Crippen molar-refractivity contribution in [1.82, 2.24) is 9.80 Å². The van der Waals surface area contributed by atoms with Crippen molar-refractivity contribution in [2.24, 2.45) is 0 Å². The molecular weight excluding hydrogens is 352 g/mol. The first-order valence-electron chi connectivity index (χ1n) is 9.99. The smallest absolute Gasteiger partial charge is 0.254 e. The fourth-order valence-corrected chi connectivity index (χ4v) is 4.32. The summed E-state index contributed by atoms with van der Waals surface area (Å²) in [5.41, 5.74) is 2.60. The number of carbonyl (C=O) groups excluding carboxylic acids is 2. The average Bonchev–Trinajstić information content (AvgIpc) is 3.28. The van der Waals surface area contributed by atoms with Crippen molar-refractivity contribution in [1.29, 1.82) is 0 Å². The average molecular weight is 378 g/mol. The SMILES string of the molecule is COc1ccccc1-c1ccc(C(=O)N2CCN(C3CCCC3)C(=O)C2)cc1. The molecule has 4 rings (SSSR count). The molecule has 2 aromatic carbocycles. The maximum atomic E-state index is 12.9. The van der Waals surface area contributed by atoms with Gasteiger partial charge in [0.05, 0.1) is 7.11 Å². The first kappa shape index (κ1) is 18.5. The molecule has 2 aromatic rings. The van der Waals surface area contributed by atoms with Gasteiger partial charge in [0.2, 0.25) is 5.91 Å². The van der Waals surface area contributed by atoms with Crippen molar-refractivity contribution in [3.63, 3.8) is 0 Å². The van der Waals surface area contributed by atoms with Gasteiger partial charge in [0, 0.05) is 30.3 Å². The summed E-state index contributed by atoms with van der Waals surface area (Å²) in [5.74, 6) is 0.804. The van der Waals surface area contributed by atoms with E-state index in [1.54, 1.807) is 12.0 Å². The predicted molar refractivity (Wildman–Crippen MR) is 108 cm³/mol. The maximum absolute atomic E-state index is 12.9. The largest absolute Gasteiger partial charge is 0.496 e. The molecule has 0 aromatic heterocycles. The molecule has 0 N–H and O–H groups in total. The normalized spacial score (nSPS) is 17.8. The van der Waals surface area contributed by atoms with Gasteiger partial charge in [-0.25, -0.2) is 0 Å². The Labute approximate surface area is 165 Å². The maximum Gasteiger partial charge on any atom is 0.254 e. The Balaban J connectivity index is 1.45. The van der Waals surface area contributed by atoms with Crippen LogP contribution in [0, 0.1) is 0 Å². The van der Waals surface area contributed by atoms with Crippen molar-refractivity contribution in [3.05, 3.63) is 54.1 Å². The third-order valence-electron chi connectivity index (χ3n) is 5.86. The number of benzene rings is 2. The molecule has 0 unspecified atom stereocenters. The number of rotatable bonds is 4. The van der Waals surface area contributed by atoms with Crippen LogP contribution in [0.3, 0.4) is 0 Å². The Morgan fingerprint density at radius 2 is 1.71 bits per heavy atom. The highest BCUT2D eigenvalue weighted by molar-refractivity contribution is 5.97. The molecule has 5 nitrogen and oxygen atoms in total. The van der Waals surface area contributed by atoms with Gasteiger partial charge in [0.15, 0.2) is 0 Å². The molecule has 1 saturated heterocycles. The zero-order chi connectivity index (χ0) is 19.5. The number of carbonyl (C=O) groups is 2. The number of nitrogens with zero attached hydrogens (tertiary/aromatic N) is 2. The molecule has 1 heterocycles. The zero-order valence-electron chi connectivity index (χ0n) is 16.3. The lowest BCUT2D eigenvalue weighted by molar-refractivity contribution is -0.137. The van der Waals surface area contributed by atoms with Gasteiger partial charge in [0.25, 0.3) is 5.91 Å². The Kier molecular flexibility index (Phi) is 5.33. The third-order valence-corrected chi connectivity index (χ3v) is 5.86. The van der Waals surface area contributed by atoms with Crippen molar-refractivity contribution in [2.45, 2.75) is 31.7 Å². The minimum Gasteiger partial charge on any atom is -0.496 e. The van der Waals surface area contributed by atoms with Crippen LogP contribution in [0.5, 0.6) is 5.75 Å². The van der Waals surface area contributed by atoms with Gasteiger partial charge in [-0.3, -0.25) is 9.59 Å². The summed E-state index contributed by atoms with van der Waals surface area (Å²) < 4.78 is 5.42. The summed E-state index contributed by atoms with van der Waals surface area (Å²) in [5, 5.41) is 0. The number of methoxy groups -OCH3 is 1. The van der Waals surface area contributed by atoms with E-state index in [2.05, 4.69) is 0 Å². The van der Waals surface area contributed by atoms with Crippen LogP contribution in [-0.2, 0) is 4.79 Å². The van der Waals surface area contributed by atoms with E-state index in [1.165, 1.54) is 12.8 Å². The van der Waals surface area contributed by atoms with Gasteiger partial charge in [-0.2, -0.15) is 0 Å². The molecule has 1 aliphatic carbocycles. The molecule has 146 valence electrons. The first-order chi connectivity index (χ1) is 13.7. The minimum atomic E-state index is -0.0778. The number of ether oxygens (including phenoxy) is 1. The molecule has 28 heavy (non-hydrogen) atoms. The second-order valence-corrected chi connectivity index (χ2v) is 7.53. The van der Waals surface area contributed by atoms with Crippen LogP contribution < -0.4 is 4.74 Å². The van der Waals surface area contributed by atoms with E-state index < -0.39 is 0 Å². The second-order valence-electron chi connectivity index (χ2n) is 7.53. The van der Waals surface area contributed by atoms with Crippen molar-refractivity contribution >= 4 is 11.8 Å². The summed E-state index contributed by atoms with van der Waals surface area (Å²) in [6, 6.07) is 15.7. The topological polar surface area (TPSA) is 49.9 Å². The molecule has 2 aliphatic rings. The molecule has 2 amide bonds. The predicted octanol–water partition coefficient (Wildman–Crippen LogP) is 3.59. The second kappa shape index (κ2) is 8.05. The molecule has 1 saturated carbocycles. The van der Waals surface area contributed by atoms with E-state index in [0.717, 1.165) is 29.7 Å². The van der Waals surface area contributed by atoms with Gasteiger partial charge in [-0.15, -0.1) is 0 Å². The van der Waals surface area contributed by atoms with E-state index in [9.17, 15) is 9.59 Å². The molecule has 2 fully saturated rings. The minimum absolute atomic E-state index is 0.0778. The van der Waals surface area contributed by atoms with Crippen LogP contribution in [0.2, 0.25) is 0 Å². The molecule has 0 spiro atoms. The van der Waals surface area contributed by atoms with Crippen LogP contribution in [0.15, 0.2) is 48.5 Å². The number of hydrogen-bond donors (Lipinski definition) is 0. The third kappa shape index (κ3) is 3.61. The Bertz CT molecular complexity index is 856. The number of piperazine rings is 1. The lowest BCUT2D eigenvalue weighted by Gasteiger charge is -2.37. The number of para-hydroxylation sites is 1. The van der Waals surface area contributed by atoms with E-state index in [4.69, 9.17) is 4.74 Å². The number of hydrogen-bond acceptors (Lipinski definition) is 3. The van der Waals surface area contributed by atoms with Crippen LogP contribution in [-0.4, -0.2) is 54.4 Å². The summed E-state index contributed by atoms with van der Waals surface area (Å²) in [4.78, 5) is 29.1. The standard InChI is InChI=1S/C23H26N2O3/c1-28-21-9-5-4-8-20(21)17-10-12-18(13-11-17)23(27)24-14-15-25(22(26)16-24)19-6-2-3-7-19/h4-5,8-13,19H,2-3,6-7,14-16H2,1H3. The van der Waals surface area contributed by atoms with Crippen LogP contribution in [0.25, 0.3) is 11.1 Å². The highest BCUT2D eigenvalue weighted by Crippen LogP contribution is 2.30. The Morgan fingerprint density at radius 1 is 1.00 bits per heavy atom. The number of amides is 2. The van der Waals surface area contributed by atoms with E-state index in [-0.39, 0.29) is 18.4 Å². The Hall–Kier alpha value is -2.82. The van der Waals surface area contributed by atoms with Gasteiger partial charge < -0.3 is 14.5 Å². The van der Waals surface area contributed by atoms with Gasteiger partial charge in [-0.1, -0.05) is 43.2 Å². The van der Waals surface area contributed by atoms with Crippen LogP contribution in [0.1, 0.15) is 36.0 Å². The lowest BCUT2D eigenvalue weighted by Crippen LogP contribution is -2.54. The zero-order valence-corrected chi connectivity index (χ0v) is 16.3. The molecule has 1 aliphatic heterocycles. The van der Waals surface area contributed by atoms with Crippen molar-refractivity contribution in [3.8, 4) is 16.9 Å². The van der Waals surface area contributed by atoms with Crippen molar-refractivity contribution < 1.29 is 14.3 Å². The Morgan fingerprint density at radius 3 is 2.39 bits per heavy atom. The fourth-order valence-electron chi connectivity index (χ4n) is 4.32. The lowest BCUT2D eigenvalue weighted by atomic mass is 10.0. The summed E-state index contributed by atoms with van der Waals surface area (Å²) in [7, 11) is 1.65. The summed E-state index contributed by atoms with van der Waals surface area (Å²) in [6.45, 7) is 1.44. The highest BCUT2D eigenvalue weighted by atomic mass is 16.5. The molecule has 0 bridgehead atoms.